The maximum absolute atomic E-state index is 12.9. The minimum atomic E-state index is -0.147. The second-order valence-corrected chi connectivity index (χ2v) is 7.86. The van der Waals surface area contributed by atoms with Crippen molar-refractivity contribution in [1.82, 2.24) is 14.8 Å². The van der Waals surface area contributed by atoms with Crippen molar-refractivity contribution >= 4 is 17.7 Å². The molecule has 1 aromatic carbocycles. The zero-order valence-electron chi connectivity index (χ0n) is 15.1. The standard InChI is InChI=1S/C21H20N4OS/c1-15-4-6-17(7-5-15)18-9-20(26)25-13-24(12-16-3-2-8-23-11-16)14-27-21(25)19(18)10-22/h2-8,11,18H,9,12-14H2,1H3. The van der Waals surface area contributed by atoms with E-state index in [-0.39, 0.29) is 11.8 Å². The van der Waals surface area contributed by atoms with Crippen LogP contribution in [0.3, 0.4) is 0 Å². The van der Waals surface area contributed by atoms with Gasteiger partial charge in [0.15, 0.2) is 0 Å². The molecule has 0 saturated carbocycles. The maximum atomic E-state index is 12.9. The molecule has 0 spiro atoms. The summed E-state index contributed by atoms with van der Waals surface area (Å²) < 4.78 is 0. The van der Waals surface area contributed by atoms with Crippen LogP contribution in [0.5, 0.6) is 0 Å². The number of allylic oxidation sites excluding steroid dienone is 1. The molecule has 1 unspecified atom stereocenters. The van der Waals surface area contributed by atoms with Gasteiger partial charge in [0.25, 0.3) is 0 Å². The van der Waals surface area contributed by atoms with E-state index >= 15 is 0 Å². The molecule has 0 bridgehead atoms. The van der Waals surface area contributed by atoms with Gasteiger partial charge in [-0.05, 0) is 24.1 Å². The summed E-state index contributed by atoms with van der Waals surface area (Å²) >= 11 is 1.58. The highest BCUT2D eigenvalue weighted by Crippen LogP contribution is 2.42. The van der Waals surface area contributed by atoms with E-state index < -0.39 is 0 Å². The summed E-state index contributed by atoms with van der Waals surface area (Å²) in [5.74, 6) is 0.685. The van der Waals surface area contributed by atoms with Crippen LogP contribution in [0.15, 0.2) is 59.4 Å². The van der Waals surface area contributed by atoms with Crippen LogP contribution in [0.1, 0.15) is 29.0 Å². The predicted molar refractivity (Wildman–Crippen MR) is 105 cm³/mol. The smallest absolute Gasteiger partial charge is 0.229 e. The van der Waals surface area contributed by atoms with Gasteiger partial charge in [-0.3, -0.25) is 19.6 Å². The number of fused-ring (bicyclic) bond motifs is 1. The van der Waals surface area contributed by atoms with E-state index in [9.17, 15) is 10.1 Å². The molecule has 0 N–H and O–H groups in total. The van der Waals surface area contributed by atoms with Crippen molar-refractivity contribution in [3.05, 3.63) is 76.1 Å². The quantitative estimate of drug-likeness (QED) is 0.819. The summed E-state index contributed by atoms with van der Waals surface area (Å²) in [6.45, 7) is 3.29. The monoisotopic (exact) mass is 376 g/mol. The average molecular weight is 376 g/mol. The Labute approximate surface area is 163 Å². The van der Waals surface area contributed by atoms with Gasteiger partial charge in [0.05, 0.1) is 29.2 Å². The molecule has 6 heteroatoms. The third kappa shape index (κ3) is 3.61. The number of amides is 1. The Kier molecular flexibility index (Phi) is 4.97. The lowest BCUT2D eigenvalue weighted by Gasteiger charge is -2.41. The first-order chi connectivity index (χ1) is 13.2. The SMILES string of the molecule is Cc1ccc(C2CC(=O)N3CN(Cc4cccnc4)CSC3=C2C#N)cc1. The predicted octanol–water partition coefficient (Wildman–Crippen LogP) is 3.61. The highest BCUT2D eigenvalue weighted by Gasteiger charge is 2.38. The first-order valence-corrected chi connectivity index (χ1v) is 9.89. The second-order valence-electron chi connectivity index (χ2n) is 6.92. The van der Waals surface area contributed by atoms with Gasteiger partial charge in [-0.1, -0.05) is 47.7 Å². The largest absolute Gasteiger partial charge is 0.292 e. The third-order valence-corrected chi connectivity index (χ3v) is 6.17. The summed E-state index contributed by atoms with van der Waals surface area (Å²) in [5.41, 5.74) is 4.04. The number of benzene rings is 1. The molecule has 0 aliphatic carbocycles. The van der Waals surface area contributed by atoms with E-state index in [0.29, 0.717) is 18.7 Å². The Hall–Kier alpha value is -2.62. The van der Waals surface area contributed by atoms with Gasteiger partial charge >= 0.3 is 0 Å². The van der Waals surface area contributed by atoms with Crippen LogP contribution in [0.25, 0.3) is 0 Å². The van der Waals surface area contributed by atoms with E-state index in [4.69, 9.17) is 0 Å². The van der Waals surface area contributed by atoms with Crippen LogP contribution in [0.2, 0.25) is 0 Å². The van der Waals surface area contributed by atoms with Gasteiger partial charge in [-0.15, -0.1) is 0 Å². The van der Waals surface area contributed by atoms with Gasteiger partial charge in [0, 0.05) is 31.3 Å². The van der Waals surface area contributed by atoms with Crippen LogP contribution in [-0.2, 0) is 11.3 Å². The molecular formula is C21H20N4OS. The van der Waals surface area contributed by atoms with Crippen molar-refractivity contribution in [2.24, 2.45) is 0 Å². The molecule has 1 amide bonds. The summed E-state index contributed by atoms with van der Waals surface area (Å²) in [4.78, 5) is 21.0. The van der Waals surface area contributed by atoms with Gasteiger partial charge in [-0.25, -0.2) is 0 Å². The fourth-order valence-corrected chi connectivity index (χ4v) is 4.68. The number of pyridine rings is 1. The molecule has 2 aliphatic rings. The second kappa shape index (κ2) is 7.55. The summed E-state index contributed by atoms with van der Waals surface area (Å²) in [6.07, 6.45) is 3.95. The Morgan fingerprint density at radius 1 is 1.30 bits per heavy atom. The summed E-state index contributed by atoms with van der Waals surface area (Å²) in [5, 5.41) is 10.6. The molecule has 1 atom stereocenters. The Morgan fingerprint density at radius 3 is 2.81 bits per heavy atom. The normalized spacial score (nSPS) is 20.4. The number of hydrogen-bond donors (Lipinski definition) is 0. The highest BCUT2D eigenvalue weighted by atomic mass is 32.2. The lowest BCUT2D eigenvalue weighted by molar-refractivity contribution is -0.131. The molecule has 2 aliphatic heterocycles. The third-order valence-electron chi connectivity index (χ3n) is 4.96. The van der Waals surface area contributed by atoms with Crippen molar-refractivity contribution in [3.63, 3.8) is 0 Å². The number of thioether (sulfide) groups is 1. The van der Waals surface area contributed by atoms with Gasteiger partial charge in [0.2, 0.25) is 5.91 Å². The van der Waals surface area contributed by atoms with Crippen molar-refractivity contribution in [1.29, 1.82) is 5.26 Å². The Bertz CT molecular complexity index is 917. The van der Waals surface area contributed by atoms with Crippen LogP contribution < -0.4 is 0 Å². The van der Waals surface area contributed by atoms with Crippen LogP contribution in [0, 0.1) is 18.3 Å². The molecule has 27 heavy (non-hydrogen) atoms. The molecular weight excluding hydrogens is 356 g/mol. The van der Waals surface area contributed by atoms with E-state index in [1.165, 1.54) is 5.56 Å². The molecule has 0 radical (unpaired) electrons. The molecule has 1 aromatic heterocycles. The minimum absolute atomic E-state index is 0.0814. The number of aryl methyl sites for hydroxylation is 1. The molecule has 5 nitrogen and oxygen atoms in total. The number of nitriles is 1. The number of carbonyl (C=O) groups is 1. The molecule has 2 aromatic rings. The number of carbonyl (C=O) groups excluding carboxylic acids is 1. The van der Waals surface area contributed by atoms with E-state index in [1.807, 2.05) is 49.5 Å². The summed E-state index contributed by atoms with van der Waals surface area (Å²) in [6, 6.07) is 14.5. The maximum Gasteiger partial charge on any atom is 0.229 e. The van der Waals surface area contributed by atoms with E-state index in [1.54, 1.807) is 22.9 Å². The Balaban J connectivity index is 1.59. The zero-order valence-corrected chi connectivity index (χ0v) is 15.9. The van der Waals surface area contributed by atoms with E-state index in [0.717, 1.165) is 28.6 Å². The van der Waals surface area contributed by atoms with Gasteiger partial charge in [-0.2, -0.15) is 5.26 Å². The highest BCUT2D eigenvalue weighted by molar-refractivity contribution is 8.03. The summed E-state index contributed by atoms with van der Waals surface area (Å²) in [7, 11) is 0. The number of nitrogens with zero attached hydrogens (tertiary/aromatic N) is 4. The van der Waals surface area contributed by atoms with E-state index in [2.05, 4.69) is 16.0 Å². The number of rotatable bonds is 3. The minimum Gasteiger partial charge on any atom is -0.292 e. The van der Waals surface area contributed by atoms with Gasteiger partial charge in [0.1, 0.15) is 0 Å². The molecule has 1 saturated heterocycles. The average Bonchev–Trinajstić information content (AvgIpc) is 2.69. The first kappa shape index (κ1) is 17.8. The fraction of sp³-hybridized carbons (Fsp3) is 0.286. The Morgan fingerprint density at radius 2 is 2.11 bits per heavy atom. The molecule has 136 valence electrons. The van der Waals surface area contributed by atoms with Crippen molar-refractivity contribution in [3.8, 4) is 6.07 Å². The number of aromatic nitrogens is 1. The van der Waals surface area contributed by atoms with Crippen molar-refractivity contribution < 1.29 is 4.79 Å². The van der Waals surface area contributed by atoms with Crippen molar-refractivity contribution in [2.45, 2.75) is 25.8 Å². The topological polar surface area (TPSA) is 60.2 Å². The van der Waals surface area contributed by atoms with Crippen LogP contribution >= 0.6 is 11.8 Å². The zero-order chi connectivity index (χ0) is 18.8. The van der Waals surface area contributed by atoms with Crippen LogP contribution in [-0.4, -0.2) is 33.2 Å². The number of hydrogen-bond acceptors (Lipinski definition) is 5. The molecule has 4 rings (SSSR count). The lowest BCUT2D eigenvalue weighted by Crippen LogP contribution is -2.46. The first-order valence-electron chi connectivity index (χ1n) is 8.91. The van der Waals surface area contributed by atoms with Gasteiger partial charge < -0.3 is 0 Å². The molecule has 3 heterocycles. The lowest BCUT2D eigenvalue weighted by atomic mass is 9.86. The molecule has 1 fully saturated rings. The fourth-order valence-electron chi connectivity index (χ4n) is 3.54. The van der Waals surface area contributed by atoms with Crippen LogP contribution in [0.4, 0.5) is 0 Å². The van der Waals surface area contributed by atoms with Crippen molar-refractivity contribution in [2.75, 3.05) is 12.5 Å².